The lowest BCUT2D eigenvalue weighted by Crippen LogP contribution is -2.52. The third kappa shape index (κ3) is 3.68. The van der Waals surface area contributed by atoms with Crippen molar-refractivity contribution >= 4 is 17.7 Å². The molecule has 0 heterocycles. The molecule has 3 nitrogen and oxygen atoms in total. The zero-order valence-corrected chi connectivity index (χ0v) is 10.8. The lowest BCUT2D eigenvalue weighted by atomic mass is 9.96. The van der Waals surface area contributed by atoms with Crippen LogP contribution in [-0.4, -0.2) is 36.2 Å². The number of hydrogen-bond acceptors (Lipinski definition) is 4. The van der Waals surface area contributed by atoms with E-state index in [2.05, 4.69) is 18.5 Å². The summed E-state index contributed by atoms with van der Waals surface area (Å²) in [5, 5.41) is 3.85. The van der Waals surface area contributed by atoms with E-state index in [0.29, 0.717) is 11.3 Å². The molecule has 0 aromatic rings. The average molecular weight is 231 g/mol. The number of carbonyl (C=O) groups is 1. The van der Waals surface area contributed by atoms with Gasteiger partial charge in [0.15, 0.2) is 0 Å². The summed E-state index contributed by atoms with van der Waals surface area (Å²) >= 11 is 1.78. The maximum absolute atomic E-state index is 11.8. The maximum atomic E-state index is 11.8. The zero-order valence-electron chi connectivity index (χ0n) is 10.0. The van der Waals surface area contributed by atoms with Crippen LogP contribution in [0.3, 0.4) is 0 Å². The van der Waals surface area contributed by atoms with Crippen LogP contribution in [-0.2, 0) is 9.53 Å². The summed E-state index contributed by atoms with van der Waals surface area (Å²) in [6.45, 7) is 4.09. The fourth-order valence-corrected chi connectivity index (χ4v) is 2.26. The smallest absolute Gasteiger partial charge is 0.325 e. The van der Waals surface area contributed by atoms with Crippen molar-refractivity contribution in [2.45, 2.75) is 49.9 Å². The maximum Gasteiger partial charge on any atom is 0.325 e. The van der Waals surface area contributed by atoms with Crippen LogP contribution in [0.4, 0.5) is 0 Å². The van der Waals surface area contributed by atoms with Gasteiger partial charge in [0.2, 0.25) is 0 Å². The van der Waals surface area contributed by atoms with Gasteiger partial charge in [-0.2, -0.15) is 11.8 Å². The third-order valence-electron chi connectivity index (χ3n) is 2.83. The number of nitrogens with one attached hydrogen (secondary N) is 1. The van der Waals surface area contributed by atoms with Gasteiger partial charge in [0.25, 0.3) is 0 Å². The molecule has 0 saturated heterocycles. The Hall–Kier alpha value is -0.220. The lowest BCUT2D eigenvalue weighted by molar-refractivity contribution is -0.148. The molecule has 1 aliphatic rings. The van der Waals surface area contributed by atoms with Crippen molar-refractivity contribution in [1.82, 2.24) is 5.32 Å². The first-order chi connectivity index (χ1) is 7.01. The van der Waals surface area contributed by atoms with Crippen LogP contribution in [0, 0.1) is 0 Å². The number of ether oxygens (including phenoxy) is 1. The first-order valence-electron chi connectivity index (χ1n) is 5.40. The Kier molecular flexibility index (Phi) is 4.46. The molecule has 1 rings (SSSR count). The van der Waals surface area contributed by atoms with E-state index in [4.69, 9.17) is 4.74 Å². The monoisotopic (exact) mass is 231 g/mol. The summed E-state index contributed by atoms with van der Waals surface area (Å²) in [5.41, 5.74) is -0.516. The SMILES string of the molecule is COC(=O)C(C)(CC(C)SC)NC1CC1. The summed E-state index contributed by atoms with van der Waals surface area (Å²) in [7, 11) is 1.46. The Morgan fingerprint density at radius 3 is 2.67 bits per heavy atom. The van der Waals surface area contributed by atoms with Gasteiger partial charge in [-0.05, 0) is 32.4 Å². The molecule has 0 aliphatic heterocycles. The van der Waals surface area contributed by atoms with Crippen molar-refractivity contribution in [3.63, 3.8) is 0 Å². The van der Waals surface area contributed by atoms with E-state index < -0.39 is 5.54 Å². The lowest BCUT2D eigenvalue weighted by Gasteiger charge is -2.30. The van der Waals surface area contributed by atoms with E-state index in [0.717, 1.165) is 6.42 Å². The van der Waals surface area contributed by atoms with Gasteiger partial charge < -0.3 is 4.74 Å². The second-order valence-corrected chi connectivity index (χ2v) is 5.77. The van der Waals surface area contributed by atoms with E-state index in [1.165, 1.54) is 20.0 Å². The van der Waals surface area contributed by atoms with Gasteiger partial charge in [0.05, 0.1) is 7.11 Å². The highest BCUT2D eigenvalue weighted by molar-refractivity contribution is 7.99. The molecule has 0 amide bonds. The van der Waals surface area contributed by atoms with Crippen LogP contribution >= 0.6 is 11.8 Å². The minimum Gasteiger partial charge on any atom is -0.468 e. The zero-order chi connectivity index (χ0) is 11.5. The predicted molar refractivity (Wildman–Crippen MR) is 64.2 cm³/mol. The molecule has 0 aromatic carbocycles. The molecule has 0 aromatic heterocycles. The number of carbonyl (C=O) groups excluding carboxylic acids is 1. The molecule has 88 valence electrons. The van der Waals surface area contributed by atoms with Gasteiger partial charge in [-0.15, -0.1) is 0 Å². The highest BCUT2D eigenvalue weighted by Gasteiger charge is 2.40. The molecule has 1 fully saturated rings. The number of thioether (sulfide) groups is 1. The predicted octanol–water partition coefficient (Wildman–Crippen LogP) is 1.81. The van der Waals surface area contributed by atoms with E-state index in [1.807, 2.05) is 6.92 Å². The van der Waals surface area contributed by atoms with Gasteiger partial charge in [0, 0.05) is 11.3 Å². The van der Waals surface area contributed by atoms with Crippen molar-refractivity contribution in [2.75, 3.05) is 13.4 Å². The fourth-order valence-electron chi connectivity index (χ4n) is 1.76. The normalized spacial score (nSPS) is 21.9. The molecule has 2 unspecified atom stereocenters. The van der Waals surface area contributed by atoms with Crippen LogP contribution in [0.2, 0.25) is 0 Å². The van der Waals surface area contributed by atoms with Crippen molar-refractivity contribution in [3.05, 3.63) is 0 Å². The third-order valence-corrected chi connectivity index (χ3v) is 3.81. The molecule has 1 N–H and O–H groups in total. The largest absolute Gasteiger partial charge is 0.468 e. The number of esters is 1. The quantitative estimate of drug-likeness (QED) is 0.708. The van der Waals surface area contributed by atoms with Gasteiger partial charge in [-0.3, -0.25) is 10.1 Å². The highest BCUT2D eigenvalue weighted by atomic mass is 32.2. The molecule has 0 bridgehead atoms. The minimum absolute atomic E-state index is 0.143. The highest BCUT2D eigenvalue weighted by Crippen LogP contribution is 2.27. The Labute approximate surface area is 96.3 Å². The molecule has 15 heavy (non-hydrogen) atoms. The standard InChI is InChI=1S/C11H21NO2S/c1-8(15-4)7-11(2,10(13)14-3)12-9-5-6-9/h8-9,12H,5-7H2,1-4H3. The van der Waals surface area contributed by atoms with Crippen LogP contribution in [0.25, 0.3) is 0 Å². The second kappa shape index (κ2) is 5.21. The molecule has 0 spiro atoms. The van der Waals surface area contributed by atoms with Crippen molar-refractivity contribution in [1.29, 1.82) is 0 Å². The first-order valence-corrected chi connectivity index (χ1v) is 6.69. The average Bonchev–Trinajstić information content (AvgIpc) is 2.99. The van der Waals surface area contributed by atoms with E-state index in [9.17, 15) is 4.79 Å². The first kappa shape index (κ1) is 12.8. The van der Waals surface area contributed by atoms with Gasteiger partial charge in [0.1, 0.15) is 5.54 Å². The van der Waals surface area contributed by atoms with Crippen molar-refractivity contribution in [3.8, 4) is 0 Å². The summed E-state index contributed by atoms with van der Waals surface area (Å²) in [6, 6.07) is 0.517. The van der Waals surface area contributed by atoms with E-state index >= 15 is 0 Å². The summed E-state index contributed by atoms with van der Waals surface area (Å²) in [4.78, 5) is 11.8. The number of rotatable bonds is 6. The van der Waals surface area contributed by atoms with Crippen LogP contribution in [0.5, 0.6) is 0 Å². The molecule has 1 saturated carbocycles. The van der Waals surface area contributed by atoms with Gasteiger partial charge in [-0.25, -0.2) is 0 Å². The minimum atomic E-state index is -0.516. The molecular weight excluding hydrogens is 210 g/mol. The summed E-state index contributed by atoms with van der Waals surface area (Å²) in [5.74, 6) is -0.143. The molecule has 0 radical (unpaired) electrons. The Balaban J connectivity index is 2.60. The summed E-state index contributed by atoms with van der Waals surface area (Å²) in [6.07, 6.45) is 5.25. The van der Waals surface area contributed by atoms with Crippen molar-refractivity contribution in [2.24, 2.45) is 0 Å². The van der Waals surface area contributed by atoms with Gasteiger partial charge in [-0.1, -0.05) is 6.92 Å². The molecule has 1 aliphatic carbocycles. The topological polar surface area (TPSA) is 38.3 Å². The Morgan fingerprint density at radius 1 is 1.67 bits per heavy atom. The molecular formula is C11H21NO2S. The Bertz CT molecular complexity index is 231. The molecule has 2 atom stereocenters. The second-order valence-electron chi connectivity index (χ2n) is 4.49. The van der Waals surface area contributed by atoms with Crippen LogP contribution in [0.1, 0.15) is 33.1 Å². The van der Waals surface area contributed by atoms with Crippen molar-refractivity contribution < 1.29 is 9.53 Å². The van der Waals surface area contributed by atoms with Gasteiger partial charge >= 0.3 is 5.97 Å². The number of methoxy groups -OCH3 is 1. The van der Waals surface area contributed by atoms with Crippen LogP contribution in [0.15, 0.2) is 0 Å². The molecule has 4 heteroatoms. The van der Waals surface area contributed by atoms with E-state index in [1.54, 1.807) is 11.8 Å². The fraction of sp³-hybridized carbons (Fsp3) is 0.909. The summed E-state index contributed by atoms with van der Waals surface area (Å²) < 4.78 is 4.88. The van der Waals surface area contributed by atoms with Crippen LogP contribution < -0.4 is 5.32 Å². The van der Waals surface area contributed by atoms with E-state index in [-0.39, 0.29) is 5.97 Å². The Morgan fingerprint density at radius 2 is 2.27 bits per heavy atom. The number of hydrogen-bond donors (Lipinski definition) is 1.